The van der Waals surface area contributed by atoms with E-state index in [1.807, 2.05) is 42.7 Å². The molecule has 0 fully saturated rings. The van der Waals surface area contributed by atoms with Gasteiger partial charge in [0.25, 0.3) is 5.69 Å². The smallest absolute Gasteiger partial charge is 0.269 e. The predicted octanol–water partition coefficient (Wildman–Crippen LogP) is 5.57. The van der Waals surface area contributed by atoms with Crippen LogP contribution in [0.2, 0.25) is 0 Å². The van der Waals surface area contributed by atoms with Gasteiger partial charge >= 0.3 is 0 Å². The Balaban J connectivity index is 1.50. The summed E-state index contributed by atoms with van der Waals surface area (Å²) in [5.74, 6) is 1.94. The van der Waals surface area contributed by atoms with Gasteiger partial charge in [-0.05, 0) is 61.4 Å². The molecular weight excluding hydrogens is 510 g/mol. The molecule has 0 aliphatic carbocycles. The molecule has 1 atom stereocenters. The maximum Gasteiger partial charge on any atom is 0.269 e. The number of aryl methyl sites for hydroxylation is 1. The van der Waals surface area contributed by atoms with E-state index in [0.29, 0.717) is 28.9 Å². The molecule has 0 spiro atoms. The van der Waals surface area contributed by atoms with Crippen LogP contribution in [0.4, 0.5) is 5.69 Å². The molecule has 0 radical (unpaired) electrons. The van der Waals surface area contributed by atoms with Gasteiger partial charge in [-0.15, -0.1) is 10.2 Å². The van der Waals surface area contributed by atoms with Gasteiger partial charge in [0.15, 0.2) is 5.16 Å². The SMILES string of the molecule is CCOc1ccc(-n2c(C)nnc2S[C@@H](C[N+](=O)[O-])c2ccc(OCc3cccc([N+](=O)[O-])c3)cc2)cc1. The zero-order valence-electron chi connectivity index (χ0n) is 20.7. The van der Waals surface area contributed by atoms with Crippen LogP contribution >= 0.6 is 11.8 Å². The second-order valence-electron chi connectivity index (χ2n) is 8.20. The summed E-state index contributed by atoms with van der Waals surface area (Å²) in [7, 11) is 0. The molecular formula is C26H25N5O6S. The Morgan fingerprint density at radius 3 is 2.29 bits per heavy atom. The molecule has 1 aromatic heterocycles. The fraction of sp³-hybridized carbons (Fsp3) is 0.231. The van der Waals surface area contributed by atoms with Crippen molar-refractivity contribution in [3.8, 4) is 17.2 Å². The van der Waals surface area contributed by atoms with Crippen LogP contribution in [0.15, 0.2) is 78.0 Å². The van der Waals surface area contributed by atoms with E-state index in [1.165, 1.54) is 23.9 Å². The quantitative estimate of drug-likeness (QED) is 0.129. The van der Waals surface area contributed by atoms with Gasteiger partial charge in [0.05, 0.1) is 11.5 Å². The second-order valence-corrected chi connectivity index (χ2v) is 9.37. The van der Waals surface area contributed by atoms with E-state index in [-0.39, 0.29) is 23.8 Å². The van der Waals surface area contributed by atoms with Gasteiger partial charge in [-0.1, -0.05) is 36.0 Å². The van der Waals surface area contributed by atoms with Gasteiger partial charge in [0, 0.05) is 22.7 Å². The maximum atomic E-state index is 11.5. The van der Waals surface area contributed by atoms with Crippen molar-refractivity contribution in [1.82, 2.24) is 14.8 Å². The minimum Gasteiger partial charge on any atom is -0.494 e. The molecule has 0 N–H and O–H groups in total. The predicted molar refractivity (Wildman–Crippen MR) is 142 cm³/mol. The van der Waals surface area contributed by atoms with Crippen LogP contribution in [-0.4, -0.2) is 37.8 Å². The first-order valence-electron chi connectivity index (χ1n) is 11.7. The topological polar surface area (TPSA) is 135 Å². The van der Waals surface area contributed by atoms with E-state index >= 15 is 0 Å². The first-order chi connectivity index (χ1) is 18.3. The third-order valence-electron chi connectivity index (χ3n) is 5.54. The number of aromatic nitrogens is 3. The Labute approximate surface area is 222 Å². The molecule has 12 heteroatoms. The van der Waals surface area contributed by atoms with Crippen LogP contribution in [0.1, 0.15) is 29.1 Å². The normalized spacial score (nSPS) is 11.6. The van der Waals surface area contributed by atoms with Crippen LogP contribution in [0.5, 0.6) is 11.5 Å². The van der Waals surface area contributed by atoms with E-state index in [2.05, 4.69) is 10.2 Å². The molecule has 0 saturated carbocycles. The van der Waals surface area contributed by atoms with Crippen molar-refractivity contribution in [3.05, 3.63) is 110 Å². The third-order valence-corrected chi connectivity index (χ3v) is 6.72. The lowest BCUT2D eigenvalue weighted by atomic mass is 10.1. The first-order valence-corrected chi connectivity index (χ1v) is 12.6. The number of hydrogen-bond donors (Lipinski definition) is 0. The Bertz CT molecular complexity index is 1410. The summed E-state index contributed by atoms with van der Waals surface area (Å²) in [6.07, 6.45) is 0. The van der Waals surface area contributed by atoms with E-state index in [9.17, 15) is 20.2 Å². The molecule has 0 unspecified atom stereocenters. The van der Waals surface area contributed by atoms with E-state index in [0.717, 1.165) is 17.0 Å². The van der Waals surface area contributed by atoms with Gasteiger partial charge in [-0.25, -0.2) is 0 Å². The van der Waals surface area contributed by atoms with E-state index in [4.69, 9.17) is 9.47 Å². The average molecular weight is 536 g/mol. The van der Waals surface area contributed by atoms with Crippen molar-refractivity contribution < 1.29 is 19.3 Å². The highest BCUT2D eigenvalue weighted by Gasteiger charge is 2.24. The van der Waals surface area contributed by atoms with Gasteiger partial charge in [-0.2, -0.15) is 0 Å². The highest BCUT2D eigenvalue weighted by Crippen LogP contribution is 2.36. The molecule has 0 bridgehead atoms. The number of nitro groups is 2. The lowest BCUT2D eigenvalue weighted by Gasteiger charge is -2.15. The highest BCUT2D eigenvalue weighted by atomic mass is 32.2. The lowest BCUT2D eigenvalue weighted by Crippen LogP contribution is -2.11. The van der Waals surface area contributed by atoms with Crippen LogP contribution in [0.25, 0.3) is 5.69 Å². The third kappa shape index (κ3) is 6.65. The minimum absolute atomic E-state index is 0.00517. The number of ether oxygens (including phenoxy) is 2. The van der Waals surface area contributed by atoms with Crippen molar-refractivity contribution in [3.63, 3.8) is 0 Å². The number of nitro benzene ring substituents is 1. The summed E-state index contributed by atoms with van der Waals surface area (Å²) in [5.41, 5.74) is 2.21. The Morgan fingerprint density at radius 1 is 0.947 bits per heavy atom. The van der Waals surface area contributed by atoms with Gasteiger partial charge in [0.2, 0.25) is 6.54 Å². The van der Waals surface area contributed by atoms with Crippen LogP contribution in [-0.2, 0) is 6.61 Å². The summed E-state index contributed by atoms with van der Waals surface area (Å²) in [6, 6.07) is 20.7. The van der Waals surface area contributed by atoms with Gasteiger partial charge in [0.1, 0.15) is 29.2 Å². The monoisotopic (exact) mass is 535 g/mol. The second kappa shape index (κ2) is 12.2. The molecule has 38 heavy (non-hydrogen) atoms. The molecule has 1 heterocycles. The Hall–Kier alpha value is -4.45. The fourth-order valence-corrected chi connectivity index (χ4v) is 4.93. The Morgan fingerprint density at radius 2 is 1.63 bits per heavy atom. The summed E-state index contributed by atoms with van der Waals surface area (Å²) in [5, 5.41) is 30.9. The highest BCUT2D eigenvalue weighted by molar-refractivity contribution is 7.99. The first kappa shape index (κ1) is 26.6. The molecule has 0 amide bonds. The molecule has 196 valence electrons. The average Bonchev–Trinajstić information content (AvgIpc) is 3.27. The summed E-state index contributed by atoms with van der Waals surface area (Å²) in [6.45, 7) is 4.14. The zero-order chi connectivity index (χ0) is 27.1. The largest absolute Gasteiger partial charge is 0.494 e. The number of nitrogens with zero attached hydrogens (tertiary/aromatic N) is 5. The minimum atomic E-state index is -0.527. The van der Waals surface area contributed by atoms with Crippen LogP contribution in [0, 0.1) is 27.2 Å². The van der Waals surface area contributed by atoms with E-state index in [1.54, 1.807) is 36.4 Å². The fourth-order valence-electron chi connectivity index (χ4n) is 3.75. The molecule has 4 rings (SSSR count). The number of rotatable bonds is 12. The number of thioether (sulfide) groups is 1. The molecule has 0 aliphatic rings. The van der Waals surface area contributed by atoms with Crippen molar-refractivity contribution in [1.29, 1.82) is 0 Å². The lowest BCUT2D eigenvalue weighted by molar-refractivity contribution is -0.479. The summed E-state index contributed by atoms with van der Waals surface area (Å²) in [4.78, 5) is 21.7. The molecule has 4 aromatic rings. The molecule has 3 aromatic carbocycles. The maximum absolute atomic E-state index is 11.5. The van der Waals surface area contributed by atoms with Crippen LogP contribution < -0.4 is 9.47 Å². The van der Waals surface area contributed by atoms with E-state index < -0.39 is 10.2 Å². The van der Waals surface area contributed by atoms with Crippen molar-refractivity contribution in [2.24, 2.45) is 0 Å². The molecule has 0 aliphatic heterocycles. The zero-order valence-corrected chi connectivity index (χ0v) is 21.5. The van der Waals surface area contributed by atoms with Crippen molar-refractivity contribution in [2.45, 2.75) is 30.9 Å². The number of non-ortho nitro benzene ring substituents is 1. The van der Waals surface area contributed by atoms with Crippen LogP contribution in [0.3, 0.4) is 0 Å². The number of hydrogen-bond acceptors (Lipinski definition) is 9. The molecule has 11 nitrogen and oxygen atoms in total. The number of benzene rings is 3. The van der Waals surface area contributed by atoms with Gasteiger partial charge in [-0.3, -0.25) is 24.8 Å². The molecule has 0 saturated heterocycles. The van der Waals surface area contributed by atoms with Crippen molar-refractivity contribution in [2.75, 3.05) is 13.2 Å². The van der Waals surface area contributed by atoms with Gasteiger partial charge < -0.3 is 9.47 Å². The van der Waals surface area contributed by atoms with Crippen molar-refractivity contribution >= 4 is 17.4 Å². The standard InChI is InChI=1S/C26H25N5O6S/c1-3-36-23-13-9-21(10-14-23)30-18(2)27-28-26(30)38-25(16-29(32)33)20-7-11-24(12-8-20)37-17-19-5-4-6-22(15-19)31(34)35/h4-15,25H,3,16-17H2,1-2H3/t25-/m0/s1. The Kier molecular flexibility index (Phi) is 8.54. The summed E-state index contributed by atoms with van der Waals surface area (Å²) < 4.78 is 13.1. The summed E-state index contributed by atoms with van der Waals surface area (Å²) >= 11 is 1.26.